The van der Waals surface area contributed by atoms with E-state index in [4.69, 9.17) is 5.73 Å². The molecule has 0 aliphatic heterocycles. The number of aryl methyl sites for hydroxylation is 3. The minimum Gasteiger partial charge on any atom is -0.399 e. The van der Waals surface area contributed by atoms with Crippen molar-refractivity contribution >= 4 is 17.3 Å². The van der Waals surface area contributed by atoms with Crippen molar-refractivity contribution in [2.24, 2.45) is 0 Å². The number of rotatable bonds is 3. The maximum absolute atomic E-state index is 12.1. The van der Waals surface area contributed by atoms with Gasteiger partial charge in [0.1, 0.15) is 6.54 Å². The van der Waals surface area contributed by atoms with Gasteiger partial charge in [-0.15, -0.1) is 0 Å². The third-order valence-electron chi connectivity index (χ3n) is 3.18. The van der Waals surface area contributed by atoms with Gasteiger partial charge in [0.05, 0.1) is 0 Å². The van der Waals surface area contributed by atoms with Crippen molar-refractivity contribution in [2.45, 2.75) is 27.3 Å². The van der Waals surface area contributed by atoms with Gasteiger partial charge in [-0.2, -0.15) is 4.98 Å². The fourth-order valence-corrected chi connectivity index (χ4v) is 2.07. The van der Waals surface area contributed by atoms with E-state index in [0.29, 0.717) is 22.8 Å². The standard InChI is InChI=1S/C15H18N4O2/c1-9-4-5-12(16)7-13(9)18-14(20)8-19-11(3)6-10(2)17-15(19)21/h4-7H,8,16H2,1-3H3,(H,18,20). The molecule has 3 N–H and O–H groups in total. The molecule has 6 heteroatoms. The van der Waals surface area contributed by atoms with Gasteiger partial charge >= 0.3 is 5.69 Å². The molecule has 110 valence electrons. The van der Waals surface area contributed by atoms with Crippen molar-refractivity contribution in [3.8, 4) is 0 Å². The van der Waals surface area contributed by atoms with E-state index in [1.165, 1.54) is 4.57 Å². The van der Waals surface area contributed by atoms with Crippen LogP contribution in [0.1, 0.15) is 17.0 Å². The van der Waals surface area contributed by atoms with Crippen molar-refractivity contribution in [1.29, 1.82) is 0 Å². The second kappa shape index (κ2) is 5.78. The van der Waals surface area contributed by atoms with Gasteiger partial charge < -0.3 is 11.1 Å². The van der Waals surface area contributed by atoms with Crippen LogP contribution in [0.2, 0.25) is 0 Å². The van der Waals surface area contributed by atoms with E-state index >= 15 is 0 Å². The van der Waals surface area contributed by atoms with Crippen molar-refractivity contribution in [1.82, 2.24) is 9.55 Å². The molecule has 0 aliphatic rings. The average molecular weight is 286 g/mol. The van der Waals surface area contributed by atoms with Crippen LogP contribution in [0.4, 0.5) is 11.4 Å². The summed E-state index contributed by atoms with van der Waals surface area (Å²) in [6.07, 6.45) is 0. The molecule has 0 radical (unpaired) electrons. The molecule has 2 aromatic rings. The smallest absolute Gasteiger partial charge is 0.348 e. The Morgan fingerprint density at radius 2 is 2.00 bits per heavy atom. The summed E-state index contributed by atoms with van der Waals surface area (Å²) in [5, 5.41) is 2.76. The first kappa shape index (κ1) is 14.8. The van der Waals surface area contributed by atoms with Crippen LogP contribution in [0.25, 0.3) is 0 Å². The summed E-state index contributed by atoms with van der Waals surface area (Å²) < 4.78 is 1.34. The highest BCUT2D eigenvalue weighted by Gasteiger charge is 2.10. The predicted octanol–water partition coefficient (Wildman–Crippen LogP) is 1.39. The van der Waals surface area contributed by atoms with Gasteiger partial charge in [0.2, 0.25) is 5.91 Å². The van der Waals surface area contributed by atoms with Crippen molar-refractivity contribution < 1.29 is 4.79 Å². The van der Waals surface area contributed by atoms with E-state index < -0.39 is 5.69 Å². The number of nitrogens with one attached hydrogen (secondary N) is 1. The van der Waals surface area contributed by atoms with Crippen LogP contribution < -0.4 is 16.7 Å². The predicted molar refractivity (Wildman–Crippen MR) is 82.2 cm³/mol. The molecule has 2 rings (SSSR count). The number of carbonyl (C=O) groups is 1. The van der Waals surface area contributed by atoms with Gasteiger partial charge in [-0.3, -0.25) is 9.36 Å². The van der Waals surface area contributed by atoms with Crippen LogP contribution in [-0.4, -0.2) is 15.5 Å². The van der Waals surface area contributed by atoms with Crippen LogP contribution in [0.5, 0.6) is 0 Å². The van der Waals surface area contributed by atoms with Crippen LogP contribution >= 0.6 is 0 Å². The highest BCUT2D eigenvalue weighted by atomic mass is 16.2. The second-order valence-corrected chi connectivity index (χ2v) is 5.03. The number of benzene rings is 1. The minimum atomic E-state index is -0.424. The first-order valence-electron chi connectivity index (χ1n) is 6.58. The molecule has 0 atom stereocenters. The Labute approximate surface area is 122 Å². The molecule has 1 aromatic heterocycles. The Kier molecular flexibility index (Phi) is 4.07. The first-order valence-corrected chi connectivity index (χ1v) is 6.58. The van der Waals surface area contributed by atoms with Gasteiger partial charge in [0.25, 0.3) is 0 Å². The van der Waals surface area contributed by atoms with E-state index in [0.717, 1.165) is 5.56 Å². The number of carbonyl (C=O) groups excluding carboxylic acids is 1. The van der Waals surface area contributed by atoms with Gasteiger partial charge in [-0.05, 0) is 44.5 Å². The minimum absolute atomic E-state index is 0.0772. The number of nitrogens with zero attached hydrogens (tertiary/aromatic N) is 2. The molecular formula is C15H18N4O2. The third-order valence-corrected chi connectivity index (χ3v) is 3.18. The number of amides is 1. The zero-order valence-electron chi connectivity index (χ0n) is 12.3. The Balaban J connectivity index is 2.20. The van der Waals surface area contributed by atoms with Gasteiger partial charge in [-0.1, -0.05) is 6.07 Å². The third kappa shape index (κ3) is 3.47. The Morgan fingerprint density at radius 1 is 1.29 bits per heavy atom. The second-order valence-electron chi connectivity index (χ2n) is 5.03. The maximum Gasteiger partial charge on any atom is 0.348 e. The van der Waals surface area contributed by atoms with Crippen LogP contribution in [0.15, 0.2) is 29.1 Å². The molecule has 1 amide bonds. The van der Waals surface area contributed by atoms with Crippen molar-refractivity contribution in [3.63, 3.8) is 0 Å². The summed E-state index contributed by atoms with van der Waals surface area (Å²) >= 11 is 0. The quantitative estimate of drug-likeness (QED) is 0.834. The Morgan fingerprint density at radius 3 is 2.67 bits per heavy atom. The normalized spacial score (nSPS) is 10.4. The zero-order chi connectivity index (χ0) is 15.6. The van der Waals surface area contributed by atoms with E-state index in [1.807, 2.05) is 13.0 Å². The van der Waals surface area contributed by atoms with Crippen molar-refractivity contribution in [3.05, 3.63) is 51.7 Å². The van der Waals surface area contributed by atoms with Crippen molar-refractivity contribution in [2.75, 3.05) is 11.1 Å². The molecule has 21 heavy (non-hydrogen) atoms. The Bertz CT molecular complexity index is 750. The lowest BCUT2D eigenvalue weighted by atomic mass is 10.2. The molecule has 0 spiro atoms. The van der Waals surface area contributed by atoms with Gasteiger partial charge in [-0.25, -0.2) is 4.79 Å². The topological polar surface area (TPSA) is 90.0 Å². The summed E-state index contributed by atoms with van der Waals surface area (Å²) in [7, 11) is 0. The summed E-state index contributed by atoms with van der Waals surface area (Å²) in [4.78, 5) is 27.8. The SMILES string of the molecule is Cc1cc(C)n(CC(=O)Nc2cc(N)ccc2C)c(=O)n1. The molecule has 1 aromatic carbocycles. The summed E-state index contributed by atoms with van der Waals surface area (Å²) in [6.45, 7) is 5.32. The van der Waals surface area contributed by atoms with Crippen LogP contribution in [0.3, 0.4) is 0 Å². The molecule has 1 heterocycles. The van der Waals surface area contributed by atoms with Crippen LogP contribution in [-0.2, 0) is 11.3 Å². The number of nitrogens with two attached hydrogens (primary N) is 1. The molecule has 0 aliphatic carbocycles. The molecule has 0 unspecified atom stereocenters. The fraction of sp³-hybridized carbons (Fsp3) is 0.267. The highest BCUT2D eigenvalue weighted by Crippen LogP contribution is 2.18. The molecule has 0 bridgehead atoms. The van der Waals surface area contributed by atoms with E-state index in [2.05, 4.69) is 10.3 Å². The zero-order valence-corrected chi connectivity index (χ0v) is 12.3. The number of anilines is 2. The van der Waals surface area contributed by atoms with Gasteiger partial charge in [0, 0.05) is 22.8 Å². The van der Waals surface area contributed by atoms with Crippen LogP contribution in [0, 0.1) is 20.8 Å². The lowest BCUT2D eigenvalue weighted by molar-refractivity contribution is -0.116. The number of hydrogen-bond donors (Lipinski definition) is 2. The largest absolute Gasteiger partial charge is 0.399 e. The molecule has 0 saturated heterocycles. The monoisotopic (exact) mass is 286 g/mol. The highest BCUT2D eigenvalue weighted by molar-refractivity contribution is 5.91. The summed E-state index contributed by atoms with van der Waals surface area (Å²) in [5.74, 6) is -0.292. The van der Waals surface area contributed by atoms with E-state index in [1.54, 1.807) is 32.0 Å². The number of hydrogen-bond acceptors (Lipinski definition) is 4. The fourth-order valence-electron chi connectivity index (χ4n) is 2.07. The van der Waals surface area contributed by atoms with E-state index in [-0.39, 0.29) is 12.5 Å². The maximum atomic E-state index is 12.1. The molecule has 0 saturated carbocycles. The van der Waals surface area contributed by atoms with E-state index in [9.17, 15) is 9.59 Å². The summed E-state index contributed by atoms with van der Waals surface area (Å²) in [5.41, 5.74) is 8.74. The lowest BCUT2D eigenvalue weighted by Gasteiger charge is -2.12. The first-order chi connectivity index (χ1) is 9.86. The number of aromatic nitrogens is 2. The van der Waals surface area contributed by atoms with Gasteiger partial charge in [0.15, 0.2) is 0 Å². The number of nitrogen functional groups attached to an aromatic ring is 1. The summed E-state index contributed by atoms with van der Waals surface area (Å²) in [6, 6.07) is 7.05. The molecular weight excluding hydrogens is 268 g/mol. The lowest BCUT2D eigenvalue weighted by Crippen LogP contribution is -2.31. The molecule has 6 nitrogen and oxygen atoms in total. The Hall–Kier alpha value is -2.63. The average Bonchev–Trinajstić information content (AvgIpc) is 2.38. The molecule has 0 fully saturated rings.